The monoisotopic (exact) mass is 323 g/mol. The predicted octanol–water partition coefficient (Wildman–Crippen LogP) is 3.02. The molecule has 1 saturated carbocycles. The van der Waals surface area contributed by atoms with Crippen molar-refractivity contribution in [2.24, 2.45) is 11.8 Å². The summed E-state index contributed by atoms with van der Waals surface area (Å²) in [5, 5.41) is 9.37. The van der Waals surface area contributed by atoms with Gasteiger partial charge in [-0.3, -0.25) is 4.79 Å². The Morgan fingerprint density at radius 1 is 1.00 bits per heavy atom. The number of carboxylic acid groups (broad SMARTS) is 1. The molecule has 2 aromatic rings. The van der Waals surface area contributed by atoms with E-state index < -0.39 is 12.0 Å². The Labute approximate surface area is 139 Å². The summed E-state index contributed by atoms with van der Waals surface area (Å²) in [6.07, 6.45) is 0.921. The van der Waals surface area contributed by atoms with Crippen LogP contribution in [0.5, 0.6) is 11.5 Å². The minimum absolute atomic E-state index is 0.132. The molecule has 1 N–H and O–H groups in total. The minimum atomic E-state index is -0.905. The van der Waals surface area contributed by atoms with Crippen LogP contribution in [-0.2, 0) is 4.79 Å². The number of carbonyl (C=O) groups excluding carboxylic acids is 1. The lowest BCUT2D eigenvalue weighted by molar-refractivity contribution is -0.142. The van der Waals surface area contributed by atoms with E-state index in [-0.39, 0.29) is 11.8 Å². The highest BCUT2D eigenvalue weighted by molar-refractivity contribution is 5.97. The van der Waals surface area contributed by atoms with Gasteiger partial charge in [-0.1, -0.05) is 18.2 Å². The maximum atomic E-state index is 12.6. The van der Waals surface area contributed by atoms with E-state index in [0.29, 0.717) is 23.8 Å². The van der Waals surface area contributed by atoms with E-state index >= 15 is 0 Å². The number of fused-ring (bicyclic) bond motifs is 1. The summed E-state index contributed by atoms with van der Waals surface area (Å²) in [5.74, 6) is 0.722. The second-order valence-corrected chi connectivity index (χ2v) is 6.34. The van der Waals surface area contributed by atoms with Crippen LogP contribution in [0, 0.1) is 11.8 Å². The van der Waals surface area contributed by atoms with Crippen molar-refractivity contribution in [3.05, 3.63) is 60.2 Å². The molecule has 0 radical (unpaired) electrons. The van der Waals surface area contributed by atoms with Crippen LogP contribution in [0.2, 0.25) is 0 Å². The number of aliphatic carboxylic acids is 1. The maximum Gasteiger partial charge on any atom is 0.326 e. The van der Waals surface area contributed by atoms with Gasteiger partial charge in [-0.2, -0.15) is 0 Å². The molecular weight excluding hydrogens is 306 g/mol. The number of hydrogen-bond donors (Lipinski definition) is 1. The molecule has 24 heavy (non-hydrogen) atoms. The Morgan fingerprint density at radius 3 is 2.33 bits per heavy atom. The molecular formula is C19H17NO4. The number of nitrogens with zero attached hydrogens (tertiary/aromatic N) is 1. The van der Waals surface area contributed by atoms with Gasteiger partial charge in [0.25, 0.3) is 5.91 Å². The quantitative estimate of drug-likeness (QED) is 0.939. The third-order valence-electron chi connectivity index (χ3n) is 4.74. The fraction of sp³-hybridized carbons (Fsp3) is 0.263. The van der Waals surface area contributed by atoms with Crippen LogP contribution < -0.4 is 4.74 Å². The van der Waals surface area contributed by atoms with Gasteiger partial charge in [0.1, 0.15) is 17.5 Å². The predicted molar refractivity (Wildman–Crippen MR) is 87.0 cm³/mol. The molecule has 1 aliphatic carbocycles. The summed E-state index contributed by atoms with van der Waals surface area (Å²) in [4.78, 5) is 25.5. The molecule has 1 saturated heterocycles. The molecule has 0 unspecified atom stereocenters. The first-order chi connectivity index (χ1) is 11.6. The van der Waals surface area contributed by atoms with Crippen molar-refractivity contribution in [2.75, 3.05) is 6.54 Å². The topological polar surface area (TPSA) is 66.8 Å². The van der Waals surface area contributed by atoms with Gasteiger partial charge in [0.2, 0.25) is 0 Å². The van der Waals surface area contributed by atoms with Crippen molar-refractivity contribution >= 4 is 11.9 Å². The summed E-state index contributed by atoms with van der Waals surface area (Å²) in [5.41, 5.74) is 0.489. The van der Waals surface area contributed by atoms with Gasteiger partial charge in [0, 0.05) is 12.1 Å². The molecule has 2 aliphatic rings. The molecule has 1 amide bonds. The Morgan fingerprint density at radius 2 is 1.67 bits per heavy atom. The van der Waals surface area contributed by atoms with Gasteiger partial charge in [-0.25, -0.2) is 4.79 Å². The first-order valence-corrected chi connectivity index (χ1v) is 8.00. The number of carbonyl (C=O) groups is 2. The molecule has 122 valence electrons. The summed E-state index contributed by atoms with van der Waals surface area (Å²) in [7, 11) is 0. The number of hydrogen-bond acceptors (Lipinski definition) is 3. The molecule has 4 rings (SSSR count). The number of carboxylic acids is 1. The van der Waals surface area contributed by atoms with E-state index in [1.165, 1.54) is 4.90 Å². The van der Waals surface area contributed by atoms with Crippen molar-refractivity contribution < 1.29 is 19.4 Å². The third-order valence-corrected chi connectivity index (χ3v) is 4.74. The molecule has 2 aromatic carbocycles. The molecule has 1 aliphatic heterocycles. The Kier molecular flexibility index (Phi) is 3.49. The minimum Gasteiger partial charge on any atom is -0.480 e. The maximum absolute atomic E-state index is 12.6. The fourth-order valence-electron chi connectivity index (χ4n) is 3.45. The lowest BCUT2D eigenvalue weighted by Crippen LogP contribution is -2.43. The molecule has 0 spiro atoms. The van der Waals surface area contributed by atoms with Gasteiger partial charge in [-0.05, 0) is 54.7 Å². The van der Waals surface area contributed by atoms with Crippen molar-refractivity contribution in [2.45, 2.75) is 12.5 Å². The highest BCUT2D eigenvalue weighted by atomic mass is 16.5. The summed E-state index contributed by atoms with van der Waals surface area (Å²) >= 11 is 0. The number of amides is 1. The molecule has 3 atom stereocenters. The first kappa shape index (κ1) is 14.8. The van der Waals surface area contributed by atoms with Crippen LogP contribution in [0.4, 0.5) is 0 Å². The zero-order valence-corrected chi connectivity index (χ0v) is 13.0. The van der Waals surface area contributed by atoms with Gasteiger partial charge >= 0.3 is 5.97 Å². The highest BCUT2D eigenvalue weighted by Gasteiger charge is 2.57. The lowest BCUT2D eigenvalue weighted by Gasteiger charge is -2.24. The van der Waals surface area contributed by atoms with Crippen LogP contribution in [0.15, 0.2) is 54.6 Å². The zero-order chi connectivity index (χ0) is 16.7. The van der Waals surface area contributed by atoms with Crippen LogP contribution in [0.25, 0.3) is 0 Å². The van der Waals surface area contributed by atoms with Crippen LogP contribution in [0.1, 0.15) is 16.8 Å². The average Bonchev–Trinajstić information content (AvgIpc) is 3.25. The zero-order valence-electron chi connectivity index (χ0n) is 13.0. The SMILES string of the molecule is O=C(O)[C@@H]1[C@@H]2C[C@H]2CN1C(=O)c1ccc(Oc2ccccc2)cc1. The lowest BCUT2D eigenvalue weighted by atomic mass is 10.1. The van der Waals surface area contributed by atoms with E-state index in [1.807, 2.05) is 30.3 Å². The van der Waals surface area contributed by atoms with Gasteiger partial charge in [-0.15, -0.1) is 0 Å². The second kappa shape index (κ2) is 5.67. The smallest absolute Gasteiger partial charge is 0.326 e. The van der Waals surface area contributed by atoms with Crippen LogP contribution in [0.3, 0.4) is 0 Å². The summed E-state index contributed by atoms with van der Waals surface area (Å²) < 4.78 is 5.70. The van der Waals surface area contributed by atoms with E-state index in [0.717, 1.165) is 12.2 Å². The van der Waals surface area contributed by atoms with Crippen molar-refractivity contribution in [1.82, 2.24) is 4.90 Å². The van der Waals surface area contributed by atoms with Crippen molar-refractivity contribution in [3.8, 4) is 11.5 Å². The van der Waals surface area contributed by atoms with Crippen LogP contribution in [-0.4, -0.2) is 34.5 Å². The third kappa shape index (κ3) is 2.62. The Hall–Kier alpha value is -2.82. The van der Waals surface area contributed by atoms with Crippen molar-refractivity contribution in [1.29, 1.82) is 0 Å². The second-order valence-electron chi connectivity index (χ2n) is 6.34. The van der Waals surface area contributed by atoms with Gasteiger partial charge in [0.15, 0.2) is 0 Å². The van der Waals surface area contributed by atoms with E-state index in [2.05, 4.69) is 0 Å². The molecule has 2 fully saturated rings. The highest BCUT2D eigenvalue weighted by Crippen LogP contribution is 2.49. The number of ether oxygens (including phenoxy) is 1. The summed E-state index contributed by atoms with van der Waals surface area (Å²) in [6, 6.07) is 15.5. The largest absolute Gasteiger partial charge is 0.480 e. The van der Waals surface area contributed by atoms with Crippen LogP contribution >= 0.6 is 0 Å². The fourth-order valence-corrected chi connectivity index (χ4v) is 3.45. The molecule has 5 nitrogen and oxygen atoms in total. The molecule has 1 heterocycles. The van der Waals surface area contributed by atoms with Gasteiger partial charge < -0.3 is 14.7 Å². The first-order valence-electron chi connectivity index (χ1n) is 8.00. The molecule has 0 aromatic heterocycles. The van der Waals surface area contributed by atoms with E-state index in [4.69, 9.17) is 4.74 Å². The number of piperidine rings is 1. The Bertz CT molecular complexity index is 772. The number of benzene rings is 2. The van der Waals surface area contributed by atoms with E-state index in [9.17, 15) is 14.7 Å². The van der Waals surface area contributed by atoms with E-state index in [1.54, 1.807) is 24.3 Å². The normalized spacial score (nSPS) is 24.3. The average molecular weight is 323 g/mol. The number of rotatable bonds is 4. The number of para-hydroxylation sites is 1. The van der Waals surface area contributed by atoms with Gasteiger partial charge in [0.05, 0.1) is 0 Å². The van der Waals surface area contributed by atoms with Crippen molar-refractivity contribution in [3.63, 3.8) is 0 Å². The Balaban J connectivity index is 1.48. The molecule has 0 bridgehead atoms. The molecule has 5 heteroatoms. The number of likely N-dealkylation sites (tertiary alicyclic amines) is 1. The summed E-state index contributed by atoms with van der Waals surface area (Å²) in [6.45, 7) is 0.544. The standard InChI is InChI=1S/C19H17NO4/c21-18(20-11-13-10-16(13)17(20)19(22)23)12-6-8-15(9-7-12)24-14-4-2-1-3-5-14/h1-9,13,16-17H,10-11H2,(H,22,23)/t13-,16+,17-/m0/s1.